The molecule has 1 aromatic carbocycles. The predicted molar refractivity (Wildman–Crippen MR) is 78.3 cm³/mol. The molecule has 0 aliphatic heterocycles. The Morgan fingerprint density at radius 2 is 2.10 bits per heavy atom. The van der Waals surface area contributed by atoms with Crippen LogP contribution in [-0.4, -0.2) is 46.2 Å². The van der Waals surface area contributed by atoms with Crippen molar-refractivity contribution in [2.75, 3.05) is 12.8 Å². The van der Waals surface area contributed by atoms with Gasteiger partial charge in [-0.05, 0) is 38.1 Å². The van der Waals surface area contributed by atoms with E-state index in [1.807, 2.05) is 14.0 Å². The third-order valence-electron chi connectivity index (χ3n) is 2.88. The van der Waals surface area contributed by atoms with E-state index >= 15 is 0 Å². The lowest BCUT2D eigenvalue weighted by atomic mass is 10.1. The van der Waals surface area contributed by atoms with Crippen LogP contribution in [-0.2, 0) is 11.2 Å². The molecule has 0 aliphatic rings. The first kappa shape index (κ1) is 16.6. The number of likely N-dealkylation sites (N-methyl/N-ethyl adjacent to an activating group) is 1. The highest BCUT2D eigenvalue weighted by atomic mass is 32.2. The molecule has 0 bridgehead atoms. The van der Waals surface area contributed by atoms with E-state index in [2.05, 4.69) is 5.32 Å². The lowest BCUT2D eigenvalue weighted by molar-refractivity contribution is -0.137. The Kier molecular flexibility index (Phi) is 6.12. The van der Waals surface area contributed by atoms with Crippen molar-refractivity contribution < 1.29 is 20.1 Å². The van der Waals surface area contributed by atoms with E-state index in [-0.39, 0.29) is 23.3 Å². The van der Waals surface area contributed by atoms with Gasteiger partial charge in [0.1, 0.15) is 6.04 Å². The van der Waals surface area contributed by atoms with Gasteiger partial charge in [-0.15, -0.1) is 11.8 Å². The highest BCUT2D eigenvalue weighted by Gasteiger charge is 2.16. The number of hydrogen-bond donors (Lipinski definition) is 5. The molecule has 1 unspecified atom stereocenters. The van der Waals surface area contributed by atoms with E-state index in [1.165, 1.54) is 6.07 Å². The number of nitrogens with two attached hydrogens (primary N) is 1. The number of rotatable bonds is 7. The predicted octanol–water partition coefficient (Wildman–Crippen LogP) is 0.752. The molecule has 20 heavy (non-hydrogen) atoms. The summed E-state index contributed by atoms with van der Waals surface area (Å²) in [5.74, 6) is -1.43. The van der Waals surface area contributed by atoms with Crippen molar-refractivity contribution >= 4 is 17.7 Å². The zero-order chi connectivity index (χ0) is 15.3. The normalized spacial score (nSPS) is 13.9. The largest absolute Gasteiger partial charge is 0.504 e. The minimum absolute atomic E-state index is 0.118. The number of benzene rings is 1. The SMILES string of the molecule is CNC(C)Cc1cc(O)c(O)c(SC[C@H](N)C(=O)O)c1. The van der Waals surface area contributed by atoms with Crippen molar-refractivity contribution in [3.8, 4) is 11.5 Å². The zero-order valence-corrected chi connectivity index (χ0v) is 12.3. The van der Waals surface area contributed by atoms with Gasteiger partial charge in [0, 0.05) is 11.8 Å². The summed E-state index contributed by atoms with van der Waals surface area (Å²) in [6.45, 7) is 2.00. The summed E-state index contributed by atoms with van der Waals surface area (Å²) < 4.78 is 0. The molecule has 1 aromatic rings. The average molecular weight is 300 g/mol. The van der Waals surface area contributed by atoms with Gasteiger partial charge in [0.2, 0.25) is 0 Å². The van der Waals surface area contributed by atoms with Crippen LogP contribution in [0, 0.1) is 0 Å². The molecule has 6 nitrogen and oxygen atoms in total. The Bertz CT molecular complexity index is 482. The second kappa shape index (κ2) is 7.37. The standard InChI is InChI=1S/C13H20N2O4S/c1-7(15-2)3-8-4-10(16)12(17)11(5-8)20-6-9(14)13(18)19/h4-5,7,9,15-17H,3,6,14H2,1-2H3,(H,18,19)/t7?,9-/m0/s1. The Morgan fingerprint density at radius 1 is 1.45 bits per heavy atom. The maximum absolute atomic E-state index is 10.7. The lowest BCUT2D eigenvalue weighted by Gasteiger charge is -2.14. The van der Waals surface area contributed by atoms with Crippen molar-refractivity contribution in [1.29, 1.82) is 0 Å². The molecule has 0 fully saturated rings. The van der Waals surface area contributed by atoms with Crippen LogP contribution in [0.2, 0.25) is 0 Å². The first-order valence-corrected chi connectivity index (χ1v) is 7.17. The molecule has 0 saturated heterocycles. The van der Waals surface area contributed by atoms with Crippen LogP contribution in [0.1, 0.15) is 12.5 Å². The van der Waals surface area contributed by atoms with Crippen molar-refractivity contribution in [3.63, 3.8) is 0 Å². The Hall–Kier alpha value is -1.44. The van der Waals surface area contributed by atoms with E-state index in [0.717, 1.165) is 17.3 Å². The zero-order valence-electron chi connectivity index (χ0n) is 11.5. The molecule has 0 aliphatic carbocycles. The van der Waals surface area contributed by atoms with Crippen molar-refractivity contribution in [2.24, 2.45) is 5.73 Å². The van der Waals surface area contributed by atoms with E-state index < -0.39 is 12.0 Å². The minimum atomic E-state index is -1.10. The smallest absolute Gasteiger partial charge is 0.321 e. The van der Waals surface area contributed by atoms with Crippen LogP contribution >= 0.6 is 11.8 Å². The molecule has 0 spiro atoms. The number of phenolic OH excluding ortho intramolecular Hbond substituents is 2. The monoisotopic (exact) mass is 300 g/mol. The summed E-state index contributed by atoms with van der Waals surface area (Å²) in [4.78, 5) is 11.1. The fourth-order valence-electron chi connectivity index (χ4n) is 1.58. The average Bonchev–Trinajstić information content (AvgIpc) is 2.40. The quantitative estimate of drug-likeness (QED) is 0.373. The molecule has 6 N–H and O–H groups in total. The van der Waals surface area contributed by atoms with Gasteiger partial charge in [-0.1, -0.05) is 0 Å². The topological polar surface area (TPSA) is 116 Å². The summed E-state index contributed by atoms with van der Waals surface area (Å²) in [5, 5.41) is 31.3. The third-order valence-corrected chi connectivity index (χ3v) is 4.03. The van der Waals surface area contributed by atoms with Gasteiger partial charge in [-0.3, -0.25) is 4.79 Å². The molecular formula is C13H20N2O4S. The van der Waals surface area contributed by atoms with Gasteiger partial charge < -0.3 is 26.4 Å². The number of carbonyl (C=O) groups is 1. The van der Waals surface area contributed by atoms with Gasteiger partial charge in [-0.25, -0.2) is 0 Å². The molecule has 2 atom stereocenters. The lowest BCUT2D eigenvalue weighted by Crippen LogP contribution is -2.32. The van der Waals surface area contributed by atoms with Gasteiger partial charge in [0.25, 0.3) is 0 Å². The first-order chi connectivity index (χ1) is 9.35. The first-order valence-electron chi connectivity index (χ1n) is 6.18. The minimum Gasteiger partial charge on any atom is -0.504 e. The van der Waals surface area contributed by atoms with E-state index in [0.29, 0.717) is 11.3 Å². The van der Waals surface area contributed by atoms with E-state index in [1.54, 1.807) is 6.07 Å². The maximum atomic E-state index is 10.7. The van der Waals surface area contributed by atoms with E-state index in [4.69, 9.17) is 10.8 Å². The number of phenols is 2. The van der Waals surface area contributed by atoms with Gasteiger partial charge in [0.15, 0.2) is 11.5 Å². The second-order valence-corrected chi connectivity index (χ2v) is 5.67. The number of carboxylic acids is 1. The number of aliphatic carboxylic acids is 1. The number of hydrogen-bond acceptors (Lipinski definition) is 6. The molecule has 0 radical (unpaired) electrons. The Morgan fingerprint density at radius 3 is 2.65 bits per heavy atom. The van der Waals surface area contributed by atoms with Gasteiger partial charge in [0.05, 0.1) is 4.90 Å². The second-order valence-electron chi connectivity index (χ2n) is 4.61. The molecule has 0 saturated carbocycles. The maximum Gasteiger partial charge on any atom is 0.321 e. The third kappa shape index (κ3) is 4.59. The fraction of sp³-hybridized carbons (Fsp3) is 0.462. The number of nitrogens with one attached hydrogen (secondary N) is 1. The van der Waals surface area contributed by atoms with Gasteiger partial charge >= 0.3 is 5.97 Å². The molecule has 7 heteroatoms. The van der Waals surface area contributed by atoms with Crippen LogP contribution < -0.4 is 11.1 Å². The summed E-state index contributed by atoms with van der Waals surface area (Å²) in [6, 6.07) is 2.45. The van der Waals surface area contributed by atoms with Crippen LogP contribution in [0.4, 0.5) is 0 Å². The Balaban J connectivity index is 2.86. The summed E-state index contributed by atoms with van der Waals surface area (Å²) >= 11 is 1.11. The number of aromatic hydroxyl groups is 2. The van der Waals surface area contributed by atoms with Crippen molar-refractivity contribution in [3.05, 3.63) is 17.7 Å². The number of carboxylic acid groups (broad SMARTS) is 1. The highest BCUT2D eigenvalue weighted by molar-refractivity contribution is 7.99. The van der Waals surface area contributed by atoms with E-state index in [9.17, 15) is 15.0 Å². The molecule has 0 aromatic heterocycles. The van der Waals surface area contributed by atoms with Gasteiger partial charge in [-0.2, -0.15) is 0 Å². The fourth-order valence-corrected chi connectivity index (χ4v) is 2.56. The molecular weight excluding hydrogens is 280 g/mol. The summed E-state index contributed by atoms with van der Waals surface area (Å²) in [7, 11) is 1.84. The molecule has 0 amide bonds. The van der Waals surface area contributed by atoms with Crippen LogP contribution in [0.5, 0.6) is 11.5 Å². The van der Waals surface area contributed by atoms with Crippen LogP contribution in [0.25, 0.3) is 0 Å². The summed E-state index contributed by atoms with van der Waals surface area (Å²) in [6.07, 6.45) is 0.683. The molecule has 112 valence electrons. The molecule has 1 rings (SSSR count). The molecule has 0 heterocycles. The Labute approximate surface area is 122 Å². The van der Waals surface area contributed by atoms with Crippen LogP contribution in [0.15, 0.2) is 17.0 Å². The van der Waals surface area contributed by atoms with Crippen molar-refractivity contribution in [1.82, 2.24) is 5.32 Å². The summed E-state index contributed by atoms with van der Waals surface area (Å²) in [5.41, 5.74) is 6.27. The van der Waals surface area contributed by atoms with Crippen molar-refractivity contribution in [2.45, 2.75) is 30.3 Å². The highest BCUT2D eigenvalue weighted by Crippen LogP contribution is 2.37. The number of thioether (sulfide) groups is 1. The van der Waals surface area contributed by atoms with Crippen LogP contribution in [0.3, 0.4) is 0 Å².